The number of hydroxylamine groups is 1. The zero-order chi connectivity index (χ0) is 17.4. The maximum Gasteiger partial charge on any atom is 0.267 e. The Balaban J connectivity index is 1.80. The standard InChI is InChI=1S/C17H18N2O4S/c1-24(21,22)19-16-10-7-14(8-11-16)9-12-17(20)18-23-13-15-5-3-2-4-6-15/h2-12,19H,13H2,1H3,(H,18,20)/b12-9+. The predicted octanol–water partition coefficient (Wildman–Crippen LogP) is 2.32. The molecule has 2 aromatic carbocycles. The van der Waals surface area contributed by atoms with Crippen molar-refractivity contribution >= 4 is 27.7 Å². The minimum atomic E-state index is -3.30. The van der Waals surface area contributed by atoms with Crippen molar-refractivity contribution in [2.24, 2.45) is 0 Å². The van der Waals surface area contributed by atoms with E-state index in [0.717, 1.165) is 17.4 Å². The van der Waals surface area contributed by atoms with Crippen LogP contribution in [0.2, 0.25) is 0 Å². The molecule has 0 fully saturated rings. The third-order valence-corrected chi connectivity index (χ3v) is 3.50. The summed E-state index contributed by atoms with van der Waals surface area (Å²) in [7, 11) is -3.30. The number of sulfonamides is 1. The fourth-order valence-electron chi connectivity index (χ4n) is 1.85. The molecule has 0 aliphatic rings. The summed E-state index contributed by atoms with van der Waals surface area (Å²) in [6, 6.07) is 16.1. The average Bonchev–Trinajstić information content (AvgIpc) is 2.54. The summed E-state index contributed by atoms with van der Waals surface area (Å²) in [5.41, 5.74) is 4.50. The van der Waals surface area contributed by atoms with Gasteiger partial charge in [-0.15, -0.1) is 0 Å². The Morgan fingerprint density at radius 3 is 2.38 bits per heavy atom. The first-order chi connectivity index (χ1) is 11.4. The second-order valence-electron chi connectivity index (χ2n) is 5.07. The molecule has 0 aliphatic heterocycles. The number of carbonyl (C=O) groups excluding carboxylic acids is 1. The molecule has 2 aromatic rings. The summed E-state index contributed by atoms with van der Waals surface area (Å²) in [4.78, 5) is 16.8. The van der Waals surface area contributed by atoms with Gasteiger partial charge in [0.2, 0.25) is 10.0 Å². The Labute approximate surface area is 141 Å². The van der Waals surface area contributed by atoms with Crippen molar-refractivity contribution in [1.29, 1.82) is 0 Å². The van der Waals surface area contributed by atoms with Gasteiger partial charge in [0, 0.05) is 11.8 Å². The first kappa shape index (κ1) is 17.7. The fraction of sp³-hybridized carbons (Fsp3) is 0.118. The molecule has 0 aromatic heterocycles. The largest absolute Gasteiger partial charge is 0.284 e. The van der Waals surface area contributed by atoms with Crippen LogP contribution in [0, 0.1) is 0 Å². The number of amides is 1. The van der Waals surface area contributed by atoms with Crippen molar-refractivity contribution in [3.63, 3.8) is 0 Å². The number of carbonyl (C=O) groups is 1. The van der Waals surface area contributed by atoms with Gasteiger partial charge in [-0.25, -0.2) is 13.9 Å². The van der Waals surface area contributed by atoms with Crippen molar-refractivity contribution in [1.82, 2.24) is 5.48 Å². The lowest BCUT2D eigenvalue weighted by Gasteiger charge is -2.04. The Hall–Kier alpha value is -2.64. The van der Waals surface area contributed by atoms with Crippen molar-refractivity contribution in [2.45, 2.75) is 6.61 Å². The van der Waals surface area contributed by atoms with Gasteiger partial charge in [-0.2, -0.15) is 0 Å². The van der Waals surface area contributed by atoms with Crippen molar-refractivity contribution in [3.8, 4) is 0 Å². The molecule has 0 atom stereocenters. The number of anilines is 1. The molecule has 2 N–H and O–H groups in total. The Bertz CT molecular complexity index is 800. The van der Waals surface area contributed by atoms with Crippen LogP contribution in [0.25, 0.3) is 6.08 Å². The van der Waals surface area contributed by atoms with E-state index in [4.69, 9.17) is 4.84 Å². The quantitative estimate of drug-likeness (QED) is 0.595. The van der Waals surface area contributed by atoms with Gasteiger partial charge in [0.1, 0.15) is 0 Å². The number of rotatable bonds is 7. The van der Waals surface area contributed by atoms with Gasteiger partial charge in [-0.1, -0.05) is 42.5 Å². The molecule has 0 saturated carbocycles. The maximum absolute atomic E-state index is 11.6. The smallest absolute Gasteiger partial charge is 0.267 e. The van der Waals surface area contributed by atoms with E-state index < -0.39 is 10.0 Å². The Morgan fingerprint density at radius 2 is 1.75 bits per heavy atom. The molecule has 0 bridgehead atoms. The average molecular weight is 346 g/mol. The lowest BCUT2D eigenvalue weighted by Crippen LogP contribution is -2.21. The molecule has 6 nitrogen and oxygen atoms in total. The van der Waals surface area contributed by atoms with E-state index in [2.05, 4.69) is 10.2 Å². The second-order valence-corrected chi connectivity index (χ2v) is 6.82. The molecule has 1 amide bonds. The maximum atomic E-state index is 11.6. The molecule has 24 heavy (non-hydrogen) atoms. The van der Waals surface area contributed by atoms with Crippen LogP contribution in [-0.4, -0.2) is 20.6 Å². The lowest BCUT2D eigenvalue weighted by atomic mass is 10.2. The summed E-state index contributed by atoms with van der Waals surface area (Å²) in [5, 5.41) is 0. The summed E-state index contributed by atoms with van der Waals surface area (Å²) in [6.45, 7) is 0.284. The SMILES string of the molecule is CS(=O)(=O)Nc1ccc(/C=C/C(=O)NOCc2ccccc2)cc1. The van der Waals surface area contributed by atoms with E-state index in [0.29, 0.717) is 5.69 Å². The normalized spacial score (nSPS) is 11.4. The Kier molecular flexibility index (Phi) is 6.11. The predicted molar refractivity (Wildman–Crippen MR) is 93.3 cm³/mol. The summed E-state index contributed by atoms with van der Waals surface area (Å²) in [5.74, 6) is -0.385. The first-order valence-corrected chi connectivity index (χ1v) is 9.03. The molecule has 0 spiro atoms. The van der Waals surface area contributed by atoms with Gasteiger partial charge in [-0.3, -0.25) is 14.4 Å². The van der Waals surface area contributed by atoms with Crippen LogP contribution in [0.5, 0.6) is 0 Å². The second kappa shape index (κ2) is 8.28. The highest BCUT2D eigenvalue weighted by Crippen LogP contribution is 2.11. The number of hydrogen-bond acceptors (Lipinski definition) is 4. The van der Waals surface area contributed by atoms with Crippen LogP contribution in [0.3, 0.4) is 0 Å². The zero-order valence-corrected chi connectivity index (χ0v) is 13.9. The van der Waals surface area contributed by atoms with Crippen molar-refractivity contribution in [2.75, 3.05) is 11.0 Å². The molecule has 2 rings (SSSR count). The highest BCUT2D eigenvalue weighted by molar-refractivity contribution is 7.92. The Morgan fingerprint density at radius 1 is 1.08 bits per heavy atom. The first-order valence-electron chi connectivity index (χ1n) is 7.14. The van der Waals surface area contributed by atoms with Crippen LogP contribution in [-0.2, 0) is 26.3 Å². The summed E-state index contributed by atoms with van der Waals surface area (Å²) < 4.78 is 24.6. The minimum Gasteiger partial charge on any atom is -0.284 e. The van der Waals surface area contributed by atoms with Crippen LogP contribution in [0.1, 0.15) is 11.1 Å². The molecule has 126 valence electrons. The number of nitrogens with one attached hydrogen (secondary N) is 2. The van der Waals surface area contributed by atoms with Gasteiger partial charge in [0.25, 0.3) is 5.91 Å². The minimum absolute atomic E-state index is 0.284. The van der Waals surface area contributed by atoms with E-state index in [9.17, 15) is 13.2 Å². The van der Waals surface area contributed by atoms with Gasteiger partial charge < -0.3 is 0 Å². The summed E-state index contributed by atoms with van der Waals surface area (Å²) in [6.07, 6.45) is 4.02. The monoisotopic (exact) mass is 346 g/mol. The topological polar surface area (TPSA) is 84.5 Å². The van der Waals surface area contributed by atoms with Crippen molar-refractivity contribution < 1.29 is 18.0 Å². The van der Waals surface area contributed by atoms with Gasteiger partial charge in [-0.05, 0) is 29.3 Å². The molecular weight excluding hydrogens is 328 g/mol. The van der Waals surface area contributed by atoms with E-state index in [1.165, 1.54) is 6.08 Å². The van der Waals surface area contributed by atoms with E-state index in [1.807, 2.05) is 30.3 Å². The lowest BCUT2D eigenvalue weighted by molar-refractivity contribution is -0.129. The molecule has 7 heteroatoms. The number of hydrogen-bond donors (Lipinski definition) is 2. The van der Waals surface area contributed by atoms with Crippen LogP contribution in [0.15, 0.2) is 60.7 Å². The molecule has 0 heterocycles. The van der Waals surface area contributed by atoms with E-state index in [-0.39, 0.29) is 12.5 Å². The fourth-order valence-corrected chi connectivity index (χ4v) is 2.41. The number of benzene rings is 2. The molecule has 0 saturated heterocycles. The highest BCUT2D eigenvalue weighted by atomic mass is 32.2. The zero-order valence-electron chi connectivity index (χ0n) is 13.1. The van der Waals surface area contributed by atoms with E-state index >= 15 is 0 Å². The van der Waals surface area contributed by atoms with Crippen LogP contribution in [0.4, 0.5) is 5.69 Å². The summed E-state index contributed by atoms with van der Waals surface area (Å²) >= 11 is 0. The third kappa shape index (κ3) is 6.64. The molecule has 0 unspecified atom stereocenters. The molecular formula is C17H18N2O4S. The van der Waals surface area contributed by atoms with Crippen LogP contribution < -0.4 is 10.2 Å². The van der Waals surface area contributed by atoms with Gasteiger partial charge >= 0.3 is 0 Å². The van der Waals surface area contributed by atoms with Gasteiger partial charge in [0.15, 0.2) is 0 Å². The highest BCUT2D eigenvalue weighted by Gasteiger charge is 2.01. The molecule has 0 aliphatic carbocycles. The molecule has 0 radical (unpaired) electrons. The van der Waals surface area contributed by atoms with Crippen LogP contribution >= 0.6 is 0 Å². The van der Waals surface area contributed by atoms with E-state index in [1.54, 1.807) is 30.3 Å². The van der Waals surface area contributed by atoms with Crippen molar-refractivity contribution in [3.05, 3.63) is 71.8 Å². The van der Waals surface area contributed by atoms with Gasteiger partial charge in [0.05, 0.1) is 12.9 Å². The third-order valence-electron chi connectivity index (χ3n) is 2.90.